The molecule has 3 heterocycles. The summed E-state index contributed by atoms with van der Waals surface area (Å²) in [6, 6.07) is 57.6. The lowest BCUT2D eigenvalue weighted by Gasteiger charge is -2.12. The van der Waals surface area contributed by atoms with E-state index in [4.69, 9.17) is 14.4 Å². The predicted octanol–water partition coefficient (Wildman–Crippen LogP) is 12.3. The summed E-state index contributed by atoms with van der Waals surface area (Å²) in [5, 5.41) is 10.3. The minimum atomic E-state index is 0.637. The normalized spacial score (nSPS) is 12.0. The number of rotatable bonds is 3. The van der Waals surface area contributed by atoms with Crippen molar-refractivity contribution in [3.05, 3.63) is 164 Å². The Hall–Kier alpha value is -6.78. The number of benzene rings is 8. The van der Waals surface area contributed by atoms with E-state index in [1.807, 2.05) is 12.1 Å². The number of furan rings is 1. The molecular weight excluding hydrogens is 611 g/mol. The van der Waals surface area contributed by atoms with Gasteiger partial charge in [-0.05, 0) is 57.6 Å². The molecule has 11 rings (SSSR count). The number of nitrogens with zero attached hydrogens (tertiary/aromatic N) is 3. The molecule has 0 spiro atoms. The van der Waals surface area contributed by atoms with Gasteiger partial charge in [0, 0.05) is 37.9 Å². The van der Waals surface area contributed by atoms with Crippen molar-refractivity contribution in [1.82, 2.24) is 14.5 Å². The van der Waals surface area contributed by atoms with Gasteiger partial charge in [0.05, 0.1) is 22.2 Å². The summed E-state index contributed by atoms with van der Waals surface area (Å²) in [4.78, 5) is 10.6. The highest BCUT2D eigenvalue weighted by Crippen LogP contribution is 2.46. The van der Waals surface area contributed by atoms with Crippen LogP contribution >= 0.6 is 0 Å². The molecule has 0 aliphatic carbocycles. The van der Waals surface area contributed by atoms with E-state index in [1.54, 1.807) is 0 Å². The van der Waals surface area contributed by atoms with Crippen molar-refractivity contribution >= 4 is 76.2 Å². The molecule has 0 aliphatic heterocycles. The Morgan fingerprint density at radius 1 is 0.400 bits per heavy atom. The largest absolute Gasteiger partial charge is 0.455 e. The lowest BCUT2D eigenvalue weighted by molar-refractivity contribution is 0.673. The maximum atomic E-state index is 6.79. The van der Waals surface area contributed by atoms with E-state index in [-0.39, 0.29) is 0 Å². The Labute approximate surface area is 286 Å². The van der Waals surface area contributed by atoms with Gasteiger partial charge in [-0.25, -0.2) is 9.97 Å². The lowest BCUT2D eigenvalue weighted by Crippen LogP contribution is -2.03. The fraction of sp³-hybridized carbons (Fsp3) is 0. The zero-order valence-corrected chi connectivity index (χ0v) is 26.8. The van der Waals surface area contributed by atoms with Gasteiger partial charge in [-0.1, -0.05) is 133 Å². The Bertz CT molecular complexity index is 3150. The first kappa shape index (κ1) is 27.2. The number of aromatic nitrogens is 3. The van der Waals surface area contributed by atoms with Gasteiger partial charge in [0.1, 0.15) is 11.2 Å². The molecule has 0 amide bonds. The summed E-state index contributed by atoms with van der Waals surface area (Å²) < 4.78 is 9.01. The summed E-state index contributed by atoms with van der Waals surface area (Å²) in [7, 11) is 0. The van der Waals surface area contributed by atoms with Crippen LogP contribution < -0.4 is 0 Å². The van der Waals surface area contributed by atoms with Crippen molar-refractivity contribution in [1.29, 1.82) is 0 Å². The molecule has 0 saturated heterocycles. The molecular formula is C46H27N3O. The van der Waals surface area contributed by atoms with Crippen molar-refractivity contribution in [3.63, 3.8) is 0 Å². The molecule has 0 N–H and O–H groups in total. The summed E-state index contributed by atoms with van der Waals surface area (Å²) in [5.41, 5.74) is 9.05. The highest BCUT2D eigenvalue weighted by molar-refractivity contribution is 6.36. The maximum Gasteiger partial charge on any atom is 0.235 e. The van der Waals surface area contributed by atoms with E-state index in [0.29, 0.717) is 5.95 Å². The van der Waals surface area contributed by atoms with Gasteiger partial charge >= 0.3 is 0 Å². The Kier molecular flexibility index (Phi) is 5.63. The lowest BCUT2D eigenvalue weighted by atomic mass is 9.95. The summed E-state index contributed by atoms with van der Waals surface area (Å²) in [6.07, 6.45) is 0. The zero-order chi connectivity index (χ0) is 32.8. The van der Waals surface area contributed by atoms with E-state index >= 15 is 0 Å². The number of hydrogen-bond acceptors (Lipinski definition) is 3. The fourth-order valence-corrected chi connectivity index (χ4v) is 8.02. The van der Waals surface area contributed by atoms with Crippen molar-refractivity contribution in [2.24, 2.45) is 0 Å². The van der Waals surface area contributed by atoms with Crippen LogP contribution in [0.2, 0.25) is 0 Å². The van der Waals surface area contributed by atoms with Gasteiger partial charge in [-0.2, -0.15) is 0 Å². The number of fused-ring (bicyclic) bond motifs is 13. The molecule has 0 saturated carbocycles. The molecule has 4 nitrogen and oxygen atoms in total. The third-order valence-electron chi connectivity index (χ3n) is 10.2. The average molecular weight is 638 g/mol. The second-order valence-electron chi connectivity index (χ2n) is 12.9. The van der Waals surface area contributed by atoms with E-state index in [1.165, 1.54) is 21.7 Å². The monoisotopic (exact) mass is 637 g/mol. The first-order valence-corrected chi connectivity index (χ1v) is 16.9. The van der Waals surface area contributed by atoms with E-state index < -0.39 is 0 Å². The molecule has 0 bridgehead atoms. The third kappa shape index (κ3) is 3.81. The van der Waals surface area contributed by atoms with Gasteiger partial charge < -0.3 is 4.42 Å². The highest BCUT2D eigenvalue weighted by Gasteiger charge is 2.23. The molecule has 0 unspecified atom stereocenters. The van der Waals surface area contributed by atoms with Crippen molar-refractivity contribution < 1.29 is 4.42 Å². The molecule has 232 valence electrons. The Morgan fingerprint density at radius 3 is 1.88 bits per heavy atom. The van der Waals surface area contributed by atoms with Crippen LogP contribution in [-0.4, -0.2) is 14.5 Å². The Morgan fingerprint density at radius 2 is 1.04 bits per heavy atom. The first-order valence-electron chi connectivity index (χ1n) is 16.9. The molecule has 0 aliphatic rings. The van der Waals surface area contributed by atoms with Crippen molar-refractivity contribution in [2.45, 2.75) is 0 Å². The fourth-order valence-electron chi connectivity index (χ4n) is 8.02. The SMILES string of the molecule is c1ccc(-c2cccc(-c3nc(-n4c5ccccc5c5c6c(ccc54)oc4c5ccccc5c5ccccc5c46)nc4ccccc34)c2)cc1. The van der Waals surface area contributed by atoms with Gasteiger partial charge in [0.15, 0.2) is 0 Å². The minimum absolute atomic E-state index is 0.637. The number of hydrogen-bond donors (Lipinski definition) is 0. The van der Waals surface area contributed by atoms with Crippen LogP contribution in [0.4, 0.5) is 0 Å². The molecule has 11 aromatic rings. The van der Waals surface area contributed by atoms with E-state index in [0.717, 1.165) is 76.9 Å². The smallest absolute Gasteiger partial charge is 0.235 e. The zero-order valence-electron chi connectivity index (χ0n) is 26.8. The van der Waals surface area contributed by atoms with Crippen LogP contribution in [0.15, 0.2) is 168 Å². The molecule has 50 heavy (non-hydrogen) atoms. The van der Waals surface area contributed by atoms with Gasteiger partial charge in [0.2, 0.25) is 5.95 Å². The molecule has 8 aromatic carbocycles. The first-order chi connectivity index (χ1) is 24.8. The van der Waals surface area contributed by atoms with Gasteiger partial charge in [-0.15, -0.1) is 0 Å². The summed E-state index contributed by atoms with van der Waals surface area (Å²) in [6.45, 7) is 0. The Balaban J connectivity index is 1.25. The van der Waals surface area contributed by atoms with Gasteiger partial charge in [0.25, 0.3) is 0 Å². The molecule has 4 heteroatoms. The molecule has 0 radical (unpaired) electrons. The van der Waals surface area contributed by atoms with Crippen LogP contribution in [0.3, 0.4) is 0 Å². The number of para-hydroxylation sites is 2. The molecule has 3 aromatic heterocycles. The quantitative estimate of drug-likeness (QED) is 0.181. The van der Waals surface area contributed by atoms with E-state index in [2.05, 4.69) is 156 Å². The highest BCUT2D eigenvalue weighted by atomic mass is 16.3. The standard InChI is InChI=1S/C46H27N3O/c1-2-13-28(14-3-1)29-15-12-16-30(27-29)44-35-21-8-10-23-37(35)47-46(48-44)49-38-24-11-9-22-36(38)41-39(49)25-26-40-43(41)42-33-19-6-4-17-31(33)32-18-5-7-20-34(32)45(42)50-40/h1-27H. The molecule has 0 fully saturated rings. The average Bonchev–Trinajstić information content (AvgIpc) is 3.75. The second kappa shape index (κ2) is 10.4. The molecule has 0 atom stereocenters. The summed E-state index contributed by atoms with van der Waals surface area (Å²) in [5.74, 6) is 0.637. The van der Waals surface area contributed by atoms with Crippen LogP contribution in [0.25, 0.3) is 105 Å². The summed E-state index contributed by atoms with van der Waals surface area (Å²) >= 11 is 0. The topological polar surface area (TPSA) is 43.9 Å². The van der Waals surface area contributed by atoms with Crippen molar-refractivity contribution in [3.8, 4) is 28.3 Å². The second-order valence-corrected chi connectivity index (χ2v) is 12.9. The van der Waals surface area contributed by atoms with Gasteiger partial charge in [-0.3, -0.25) is 4.57 Å². The van der Waals surface area contributed by atoms with Crippen LogP contribution in [0.5, 0.6) is 0 Å². The van der Waals surface area contributed by atoms with Crippen molar-refractivity contribution in [2.75, 3.05) is 0 Å². The minimum Gasteiger partial charge on any atom is -0.455 e. The predicted molar refractivity (Wildman–Crippen MR) is 207 cm³/mol. The van der Waals surface area contributed by atoms with Crippen LogP contribution in [-0.2, 0) is 0 Å². The van der Waals surface area contributed by atoms with Crippen LogP contribution in [0, 0.1) is 0 Å². The van der Waals surface area contributed by atoms with E-state index in [9.17, 15) is 0 Å². The maximum absolute atomic E-state index is 6.79. The van der Waals surface area contributed by atoms with Crippen LogP contribution in [0.1, 0.15) is 0 Å². The third-order valence-corrected chi connectivity index (χ3v) is 10.2.